The lowest BCUT2D eigenvalue weighted by molar-refractivity contribution is -0.115. The maximum atomic E-state index is 11.9. The Hall–Kier alpha value is -1.75. The molecular weight excluding hydrogens is 272 g/mol. The predicted molar refractivity (Wildman–Crippen MR) is 81.5 cm³/mol. The van der Waals surface area contributed by atoms with Crippen LogP contribution >= 0.6 is 11.8 Å². The molecule has 1 saturated carbocycles. The molecule has 0 radical (unpaired) electrons. The van der Waals surface area contributed by atoms with Gasteiger partial charge in [-0.3, -0.25) is 9.79 Å². The van der Waals surface area contributed by atoms with Crippen LogP contribution < -0.4 is 5.32 Å². The number of rotatable bonds is 2. The van der Waals surface area contributed by atoms with Crippen LogP contribution in [0.5, 0.6) is 5.75 Å². The van der Waals surface area contributed by atoms with Gasteiger partial charge in [-0.05, 0) is 48.4 Å². The standard InChI is InChI=1S/C15H16N2O2S/c18-12-7-3-4-10(8-12)9-13-14(19)17-15(20-13)16-11-5-1-2-6-11/h3-4,7-9,11,18H,1-2,5-6H2,(H,16,17,19)/b13-9-. The zero-order chi connectivity index (χ0) is 13.9. The summed E-state index contributed by atoms with van der Waals surface area (Å²) in [6.07, 6.45) is 6.46. The molecule has 20 heavy (non-hydrogen) atoms. The number of benzene rings is 1. The molecule has 0 atom stereocenters. The summed E-state index contributed by atoms with van der Waals surface area (Å²) in [7, 11) is 0. The minimum absolute atomic E-state index is 0.116. The predicted octanol–water partition coefficient (Wildman–Crippen LogP) is 2.89. The number of phenolic OH excluding ortho intramolecular Hbond substituents is 1. The highest BCUT2D eigenvalue weighted by molar-refractivity contribution is 8.18. The quantitative estimate of drug-likeness (QED) is 0.823. The first-order valence-corrected chi connectivity index (χ1v) is 7.60. The van der Waals surface area contributed by atoms with Crippen molar-refractivity contribution >= 4 is 28.9 Å². The Morgan fingerprint density at radius 3 is 2.90 bits per heavy atom. The second-order valence-electron chi connectivity index (χ2n) is 5.03. The van der Waals surface area contributed by atoms with E-state index in [2.05, 4.69) is 10.3 Å². The summed E-state index contributed by atoms with van der Waals surface area (Å²) in [5, 5.41) is 12.9. The van der Waals surface area contributed by atoms with Crippen molar-refractivity contribution in [3.63, 3.8) is 0 Å². The van der Waals surface area contributed by atoms with E-state index in [1.54, 1.807) is 24.3 Å². The molecule has 5 heteroatoms. The molecule has 2 aliphatic rings. The van der Waals surface area contributed by atoms with Crippen LogP contribution in [-0.2, 0) is 4.79 Å². The van der Waals surface area contributed by atoms with Crippen molar-refractivity contribution in [2.24, 2.45) is 4.99 Å². The highest BCUT2D eigenvalue weighted by Gasteiger charge is 2.25. The zero-order valence-corrected chi connectivity index (χ0v) is 11.8. The van der Waals surface area contributed by atoms with Crippen LogP contribution in [0.3, 0.4) is 0 Å². The molecule has 1 saturated heterocycles. The number of nitrogens with zero attached hydrogens (tertiary/aromatic N) is 1. The number of aromatic hydroxyl groups is 1. The molecule has 0 spiro atoms. The number of hydrogen-bond donors (Lipinski definition) is 2. The Morgan fingerprint density at radius 2 is 2.15 bits per heavy atom. The van der Waals surface area contributed by atoms with E-state index >= 15 is 0 Å². The monoisotopic (exact) mass is 288 g/mol. The van der Waals surface area contributed by atoms with E-state index in [1.807, 2.05) is 6.07 Å². The van der Waals surface area contributed by atoms with Crippen molar-refractivity contribution in [2.45, 2.75) is 31.7 Å². The number of phenols is 1. The molecule has 2 N–H and O–H groups in total. The molecule has 1 aromatic carbocycles. The number of amides is 1. The van der Waals surface area contributed by atoms with Crippen LogP contribution in [0.1, 0.15) is 31.2 Å². The first-order chi connectivity index (χ1) is 9.70. The number of carbonyl (C=O) groups excluding carboxylic acids is 1. The molecule has 1 aromatic rings. The smallest absolute Gasteiger partial charge is 0.264 e. The summed E-state index contributed by atoms with van der Waals surface area (Å²) in [4.78, 5) is 17.1. The number of aliphatic imine (C=N–C) groups is 1. The van der Waals surface area contributed by atoms with Crippen LogP contribution in [0.15, 0.2) is 34.2 Å². The summed E-state index contributed by atoms with van der Waals surface area (Å²) in [6.45, 7) is 0. The van der Waals surface area contributed by atoms with Gasteiger partial charge in [-0.25, -0.2) is 0 Å². The molecular formula is C15H16N2O2S. The van der Waals surface area contributed by atoms with E-state index in [4.69, 9.17) is 0 Å². The number of amidine groups is 1. The van der Waals surface area contributed by atoms with Crippen molar-refractivity contribution in [3.05, 3.63) is 34.7 Å². The Bertz CT molecular complexity index is 589. The van der Waals surface area contributed by atoms with Gasteiger partial charge in [0, 0.05) is 0 Å². The molecule has 1 heterocycles. The molecule has 104 valence electrons. The molecule has 1 aliphatic heterocycles. The van der Waals surface area contributed by atoms with Gasteiger partial charge in [0.25, 0.3) is 5.91 Å². The van der Waals surface area contributed by atoms with Gasteiger partial charge in [0.1, 0.15) is 5.75 Å². The van der Waals surface area contributed by atoms with Crippen LogP contribution in [-0.4, -0.2) is 22.2 Å². The van der Waals surface area contributed by atoms with E-state index < -0.39 is 0 Å². The van der Waals surface area contributed by atoms with E-state index in [0.29, 0.717) is 16.1 Å². The summed E-state index contributed by atoms with van der Waals surface area (Å²) in [6, 6.07) is 7.21. The van der Waals surface area contributed by atoms with Gasteiger partial charge in [0.15, 0.2) is 5.17 Å². The number of thioether (sulfide) groups is 1. The van der Waals surface area contributed by atoms with Crippen molar-refractivity contribution in [2.75, 3.05) is 0 Å². The first kappa shape index (κ1) is 13.2. The van der Waals surface area contributed by atoms with Crippen LogP contribution in [0, 0.1) is 0 Å². The van der Waals surface area contributed by atoms with Crippen LogP contribution in [0.25, 0.3) is 6.08 Å². The van der Waals surface area contributed by atoms with Gasteiger partial charge in [-0.15, -0.1) is 0 Å². The van der Waals surface area contributed by atoms with E-state index in [0.717, 1.165) is 18.4 Å². The fraction of sp³-hybridized carbons (Fsp3) is 0.333. The van der Waals surface area contributed by atoms with Gasteiger partial charge < -0.3 is 10.4 Å². The van der Waals surface area contributed by atoms with E-state index in [-0.39, 0.29) is 11.7 Å². The highest BCUT2D eigenvalue weighted by atomic mass is 32.2. The minimum Gasteiger partial charge on any atom is -0.508 e. The number of hydrogen-bond acceptors (Lipinski definition) is 4. The fourth-order valence-electron chi connectivity index (χ4n) is 2.45. The lowest BCUT2D eigenvalue weighted by atomic mass is 10.2. The highest BCUT2D eigenvalue weighted by Crippen LogP contribution is 2.29. The lowest BCUT2D eigenvalue weighted by Crippen LogP contribution is -2.21. The minimum atomic E-state index is -0.116. The van der Waals surface area contributed by atoms with Crippen LogP contribution in [0.2, 0.25) is 0 Å². The largest absolute Gasteiger partial charge is 0.508 e. The average molecular weight is 288 g/mol. The zero-order valence-electron chi connectivity index (χ0n) is 11.0. The first-order valence-electron chi connectivity index (χ1n) is 6.78. The SMILES string of the molecule is O=C1NC(=NC2CCCC2)S/C1=C\c1cccc(O)c1. The average Bonchev–Trinajstić information content (AvgIpc) is 3.01. The Balaban J connectivity index is 1.76. The molecule has 1 aliphatic carbocycles. The van der Waals surface area contributed by atoms with Gasteiger partial charge in [-0.1, -0.05) is 25.0 Å². The third-order valence-corrected chi connectivity index (χ3v) is 4.37. The Labute approximate surface area is 122 Å². The Kier molecular flexibility index (Phi) is 3.78. The molecule has 2 fully saturated rings. The second-order valence-corrected chi connectivity index (χ2v) is 6.06. The summed E-state index contributed by atoms with van der Waals surface area (Å²) >= 11 is 1.38. The number of carbonyl (C=O) groups is 1. The van der Waals surface area contributed by atoms with Gasteiger partial charge >= 0.3 is 0 Å². The van der Waals surface area contributed by atoms with E-state index in [9.17, 15) is 9.90 Å². The third kappa shape index (κ3) is 3.04. The molecule has 3 rings (SSSR count). The molecule has 4 nitrogen and oxygen atoms in total. The maximum Gasteiger partial charge on any atom is 0.264 e. The van der Waals surface area contributed by atoms with Crippen molar-refractivity contribution in [1.29, 1.82) is 0 Å². The molecule has 0 bridgehead atoms. The van der Waals surface area contributed by atoms with Crippen LogP contribution in [0.4, 0.5) is 0 Å². The molecule has 0 aromatic heterocycles. The number of nitrogens with one attached hydrogen (secondary N) is 1. The van der Waals surface area contributed by atoms with Gasteiger partial charge in [0.05, 0.1) is 10.9 Å². The third-order valence-electron chi connectivity index (χ3n) is 3.44. The molecule has 0 unspecified atom stereocenters. The lowest BCUT2D eigenvalue weighted by Gasteiger charge is -2.02. The summed E-state index contributed by atoms with van der Waals surface area (Å²) in [5.41, 5.74) is 0.810. The van der Waals surface area contributed by atoms with Crippen molar-refractivity contribution in [3.8, 4) is 5.75 Å². The van der Waals surface area contributed by atoms with E-state index in [1.165, 1.54) is 24.6 Å². The summed E-state index contributed by atoms with van der Waals surface area (Å²) in [5.74, 6) is 0.0812. The van der Waals surface area contributed by atoms with Crippen molar-refractivity contribution in [1.82, 2.24) is 5.32 Å². The van der Waals surface area contributed by atoms with Gasteiger partial charge in [-0.2, -0.15) is 0 Å². The second kappa shape index (κ2) is 5.71. The van der Waals surface area contributed by atoms with Gasteiger partial charge in [0.2, 0.25) is 0 Å². The Morgan fingerprint density at radius 1 is 1.35 bits per heavy atom. The van der Waals surface area contributed by atoms with Crippen molar-refractivity contribution < 1.29 is 9.90 Å². The molecule has 1 amide bonds. The topological polar surface area (TPSA) is 61.7 Å². The fourth-order valence-corrected chi connectivity index (χ4v) is 3.35. The normalized spacial score (nSPS) is 23.7. The maximum absolute atomic E-state index is 11.9. The summed E-state index contributed by atoms with van der Waals surface area (Å²) < 4.78 is 0.